The number of aliphatic hydroxyl groups excluding tert-OH is 1. The molecule has 2 aromatic carbocycles. The fraction of sp³-hybridized carbons (Fsp3) is 0.0625. The molecular formula is C16H13BrN2O. The molecule has 0 aliphatic carbocycles. The number of nitrogens with zero attached hydrogens (tertiary/aromatic N) is 2. The van der Waals surface area contributed by atoms with E-state index in [4.69, 9.17) is 0 Å². The van der Waals surface area contributed by atoms with E-state index in [2.05, 4.69) is 21.0 Å². The summed E-state index contributed by atoms with van der Waals surface area (Å²) in [5.74, 6) is 0. The summed E-state index contributed by atoms with van der Waals surface area (Å²) in [7, 11) is 0. The smallest absolute Gasteiger partial charge is 0.121 e. The number of benzene rings is 2. The van der Waals surface area contributed by atoms with Gasteiger partial charge >= 0.3 is 0 Å². The Kier molecular flexibility index (Phi) is 3.67. The summed E-state index contributed by atoms with van der Waals surface area (Å²) >= 11 is 3.42. The van der Waals surface area contributed by atoms with Crippen molar-refractivity contribution in [2.24, 2.45) is 0 Å². The van der Waals surface area contributed by atoms with Crippen LogP contribution in [0.15, 0.2) is 71.3 Å². The van der Waals surface area contributed by atoms with Gasteiger partial charge in [-0.15, -0.1) is 0 Å². The molecule has 0 saturated carbocycles. The number of para-hydroxylation sites is 1. The Balaban J connectivity index is 2.02. The average Bonchev–Trinajstić information content (AvgIpc) is 2.97. The molecule has 0 amide bonds. The maximum absolute atomic E-state index is 10.6. The molecule has 0 radical (unpaired) electrons. The zero-order chi connectivity index (χ0) is 13.9. The minimum Gasteiger partial charge on any atom is -0.382 e. The predicted molar refractivity (Wildman–Crippen MR) is 81.8 cm³/mol. The molecule has 0 aliphatic heterocycles. The van der Waals surface area contributed by atoms with Gasteiger partial charge in [-0.2, -0.15) is 5.10 Å². The summed E-state index contributed by atoms with van der Waals surface area (Å²) in [6.07, 6.45) is 0.985. The molecule has 100 valence electrons. The van der Waals surface area contributed by atoms with Crippen molar-refractivity contribution in [2.45, 2.75) is 6.10 Å². The molecule has 1 N–H and O–H groups in total. The monoisotopic (exact) mass is 328 g/mol. The lowest BCUT2D eigenvalue weighted by Gasteiger charge is -2.14. The summed E-state index contributed by atoms with van der Waals surface area (Å²) in [6, 6.07) is 19.3. The van der Waals surface area contributed by atoms with E-state index in [1.54, 1.807) is 10.9 Å². The van der Waals surface area contributed by atoms with Crippen LogP contribution < -0.4 is 0 Å². The molecule has 0 spiro atoms. The normalized spacial score (nSPS) is 12.3. The van der Waals surface area contributed by atoms with Crippen LogP contribution in [0.25, 0.3) is 5.69 Å². The van der Waals surface area contributed by atoms with Crippen molar-refractivity contribution in [2.75, 3.05) is 0 Å². The second-order valence-corrected chi connectivity index (χ2v) is 5.38. The van der Waals surface area contributed by atoms with Crippen LogP contribution in [-0.2, 0) is 0 Å². The minimum absolute atomic E-state index is 0.713. The maximum Gasteiger partial charge on any atom is 0.121 e. The average molecular weight is 329 g/mol. The van der Waals surface area contributed by atoms with E-state index >= 15 is 0 Å². The van der Waals surface area contributed by atoms with E-state index < -0.39 is 6.10 Å². The molecule has 4 heteroatoms. The van der Waals surface area contributed by atoms with Crippen molar-refractivity contribution in [3.63, 3.8) is 0 Å². The first-order valence-corrected chi connectivity index (χ1v) is 7.08. The molecular weight excluding hydrogens is 316 g/mol. The SMILES string of the molecule is OC(c1cccc(Br)c1)c1ccnn1-c1ccccc1. The maximum atomic E-state index is 10.6. The second-order valence-electron chi connectivity index (χ2n) is 4.46. The van der Waals surface area contributed by atoms with Gasteiger partial charge in [-0.25, -0.2) is 4.68 Å². The van der Waals surface area contributed by atoms with E-state index in [1.807, 2.05) is 60.7 Å². The van der Waals surface area contributed by atoms with Gasteiger partial charge in [0.25, 0.3) is 0 Å². The van der Waals surface area contributed by atoms with Gasteiger partial charge in [-0.1, -0.05) is 46.3 Å². The summed E-state index contributed by atoms with van der Waals surface area (Å²) in [6.45, 7) is 0. The molecule has 20 heavy (non-hydrogen) atoms. The second kappa shape index (κ2) is 5.61. The van der Waals surface area contributed by atoms with Crippen molar-refractivity contribution < 1.29 is 5.11 Å². The van der Waals surface area contributed by atoms with E-state index in [-0.39, 0.29) is 0 Å². The molecule has 3 rings (SSSR count). The molecule has 0 saturated heterocycles. The Bertz CT molecular complexity index is 709. The molecule has 0 fully saturated rings. The molecule has 3 nitrogen and oxygen atoms in total. The Hall–Kier alpha value is -1.91. The predicted octanol–water partition coefficient (Wildman–Crippen LogP) is 3.72. The highest BCUT2D eigenvalue weighted by molar-refractivity contribution is 9.10. The number of hydrogen-bond donors (Lipinski definition) is 1. The van der Waals surface area contributed by atoms with Gasteiger partial charge < -0.3 is 5.11 Å². The Morgan fingerprint density at radius 3 is 2.55 bits per heavy atom. The molecule has 1 heterocycles. The first-order chi connectivity index (χ1) is 9.75. The zero-order valence-corrected chi connectivity index (χ0v) is 12.2. The van der Waals surface area contributed by atoms with Crippen molar-refractivity contribution in [3.8, 4) is 5.69 Å². The minimum atomic E-state index is -0.713. The molecule has 1 atom stereocenters. The quantitative estimate of drug-likeness (QED) is 0.795. The van der Waals surface area contributed by atoms with Gasteiger partial charge in [0.05, 0.1) is 11.4 Å². The van der Waals surface area contributed by atoms with Gasteiger partial charge in [0.1, 0.15) is 6.10 Å². The van der Waals surface area contributed by atoms with E-state index in [1.165, 1.54) is 0 Å². The lowest BCUT2D eigenvalue weighted by Crippen LogP contribution is -2.08. The molecule has 1 aromatic heterocycles. The fourth-order valence-corrected chi connectivity index (χ4v) is 2.57. The van der Waals surface area contributed by atoms with E-state index in [0.29, 0.717) is 0 Å². The van der Waals surface area contributed by atoms with Crippen molar-refractivity contribution >= 4 is 15.9 Å². The lowest BCUT2D eigenvalue weighted by atomic mass is 10.1. The number of halogens is 1. The number of aromatic nitrogens is 2. The summed E-state index contributed by atoms with van der Waals surface area (Å²) in [5, 5.41) is 14.9. The van der Waals surface area contributed by atoms with Gasteiger partial charge in [0, 0.05) is 10.7 Å². The van der Waals surface area contributed by atoms with Gasteiger partial charge in [0.15, 0.2) is 0 Å². The topological polar surface area (TPSA) is 38.1 Å². The van der Waals surface area contributed by atoms with E-state index in [9.17, 15) is 5.11 Å². The van der Waals surface area contributed by atoms with Gasteiger partial charge in [-0.05, 0) is 35.9 Å². The molecule has 3 aromatic rings. The summed E-state index contributed by atoms with van der Waals surface area (Å²) in [5.41, 5.74) is 2.51. The Morgan fingerprint density at radius 1 is 1.00 bits per heavy atom. The first kappa shape index (κ1) is 13.1. The van der Waals surface area contributed by atoms with Crippen LogP contribution in [-0.4, -0.2) is 14.9 Å². The third-order valence-electron chi connectivity index (χ3n) is 3.12. The van der Waals surface area contributed by atoms with Crippen LogP contribution in [0, 0.1) is 0 Å². The highest BCUT2D eigenvalue weighted by atomic mass is 79.9. The third-order valence-corrected chi connectivity index (χ3v) is 3.61. The molecule has 0 aliphatic rings. The third kappa shape index (κ3) is 2.53. The lowest BCUT2D eigenvalue weighted by molar-refractivity contribution is 0.212. The molecule has 0 bridgehead atoms. The van der Waals surface area contributed by atoms with Crippen LogP contribution in [0.5, 0.6) is 0 Å². The highest BCUT2D eigenvalue weighted by Crippen LogP contribution is 2.25. The van der Waals surface area contributed by atoms with Crippen molar-refractivity contribution in [1.29, 1.82) is 0 Å². The van der Waals surface area contributed by atoms with Crippen LogP contribution in [0.1, 0.15) is 17.4 Å². The van der Waals surface area contributed by atoms with Crippen molar-refractivity contribution in [3.05, 3.63) is 82.6 Å². The largest absolute Gasteiger partial charge is 0.382 e. The van der Waals surface area contributed by atoms with Gasteiger partial charge in [-0.3, -0.25) is 0 Å². The van der Waals surface area contributed by atoms with Crippen LogP contribution in [0.2, 0.25) is 0 Å². The first-order valence-electron chi connectivity index (χ1n) is 6.28. The summed E-state index contributed by atoms with van der Waals surface area (Å²) < 4.78 is 2.70. The number of rotatable bonds is 3. The standard InChI is InChI=1S/C16H13BrN2O/c17-13-6-4-5-12(11-13)16(20)15-9-10-18-19(15)14-7-2-1-3-8-14/h1-11,16,20H. The fourth-order valence-electron chi connectivity index (χ4n) is 2.15. The van der Waals surface area contributed by atoms with Crippen LogP contribution in [0.3, 0.4) is 0 Å². The van der Waals surface area contributed by atoms with Crippen molar-refractivity contribution in [1.82, 2.24) is 9.78 Å². The summed E-state index contributed by atoms with van der Waals surface area (Å²) in [4.78, 5) is 0. The Labute approximate surface area is 125 Å². The zero-order valence-electron chi connectivity index (χ0n) is 10.6. The number of hydrogen-bond acceptors (Lipinski definition) is 2. The van der Waals surface area contributed by atoms with E-state index in [0.717, 1.165) is 21.4 Å². The van der Waals surface area contributed by atoms with Crippen LogP contribution in [0.4, 0.5) is 0 Å². The Morgan fingerprint density at radius 2 is 1.80 bits per heavy atom. The van der Waals surface area contributed by atoms with Crippen LogP contribution >= 0.6 is 15.9 Å². The molecule has 1 unspecified atom stereocenters. The number of aliphatic hydroxyl groups is 1. The highest BCUT2D eigenvalue weighted by Gasteiger charge is 2.16. The van der Waals surface area contributed by atoms with Gasteiger partial charge in [0.2, 0.25) is 0 Å².